The van der Waals surface area contributed by atoms with E-state index in [2.05, 4.69) is 12.2 Å². The van der Waals surface area contributed by atoms with Gasteiger partial charge in [0.15, 0.2) is 0 Å². The zero-order valence-corrected chi connectivity index (χ0v) is 26.7. The van der Waals surface area contributed by atoms with Gasteiger partial charge in [-0.15, -0.1) is 0 Å². The third kappa shape index (κ3) is 30.1. The number of unbranched alkanes of at least 4 members (excludes halogenated alkanes) is 17. The van der Waals surface area contributed by atoms with Crippen LogP contribution in [0.3, 0.4) is 0 Å². The smallest absolute Gasteiger partial charge is 0.312 e. The lowest BCUT2D eigenvalue weighted by Gasteiger charge is -2.30. The van der Waals surface area contributed by atoms with Crippen molar-refractivity contribution >= 4 is 13.9 Å². The number of nitrogens with one attached hydrogen (secondary N) is 1. The van der Waals surface area contributed by atoms with E-state index in [0.29, 0.717) is 17.6 Å². The number of nitrogens with two attached hydrogens (primary N) is 1. The van der Waals surface area contributed by atoms with Crippen LogP contribution < -0.4 is 15.9 Å². The maximum absolute atomic E-state index is 12.2. The summed E-state index contributed by atoms with van der Waals surface area (Å²) in [5, 5.41) is 2.38. The van der Waals surface area contributed by atoms with Crippen LogP contribution in [-0.4, -0.2) is 70.7 Å². The van der Waals surface area contributed by atoms with Gasteiger partial charge < -0.3 is 34.2 Å². The minimum atomic E-state index is -4.52. The molecule has 3 N–H and O–H groups in total. The number of carbonyl (C=O) groups is 1. The molecule has 0 saturated carbocycles. The highest BCUT2D eigenvalue weighted by Gasteiger charge is 2.20. The number of primary amides is 1. The lowest BCUT2D eigenvalue weighted by Crippen LogP contribution is -2.40. The molecule has 0 radical (unpaired) electrons. The number of nitrogens with zero attached hydrogens (tertiary/aromatic N) is 1. The molecule has 10 heteroatoms. The highest BCUT2D eigenvalue weighted by Crippen LogP contribution is 2.39. The van der Waals surface area contributed by atoms with Gasteiger partial charge >= 0.3 is 6.03 Å². The van der Waals surface area contributed by atoms with Gasteiger partial charge in [0.1, 0.15) is 19.3 Å². The van der Waals surface area contributed by atoms with Crippen molar-refractivity contribution in [3.8, 4) is 0 Å². The maximum atomic E-state index is 12.2. The molecule has 0 aliphatic heterocycles. The zero-order valence-electron chi connectivity index (χ0n) is 25.8. The second-order valence-electron chi connectivity index (χ2n) is 11.9. The Bertz CT molecular complexity index is 618. The molecule has 0 fully saturated rings. The SMILES string of the molecule is CCCCCCCCCCCCCCCCCCCCOCC(CNC(N)=O)OP(=O)([O-])OCC[N+](C)(C)C. The Labute approximate surface area is 240 Å². The van der Waals surface area contributed by atoms with Crippen LogP contribution in [0.15, 0.2) is 0 Å². The number of hydrogen-bond donors (Lipinski definition) is 2. The number of amides is 2. The second-order valence-corrected chi connectivity index (χ2v) is 13.2. The monoisotopic (exact) mass is 579 g/mol. The van der Waals surface area contributed by atoms with E-state index in [0.717, 1.165) is 12.8 Å². The molecule has 0 aromatic rings. The summed E-state index contributed by atoms with van der Waals surface area (Å²) in [6.45, 7) is 3.27. The highest BCUT2D eigenvalue weighted by molar-refractivity contribution is 7.45. The van der Waals surface area contributed by atoms with Crippen LogP contribution >= 0.6 is 7.82 Å². The predicted molar refractivity (Wildman–Crippen MR) is 159 cm³/mol. The first kappa shape index (κ1) is 38.3. The quantitative estimate of drug-likeness (QED) is 0.0610. The number of rotatable bonds is 29. The minimum Gasteiger partial charge on any atom is -0.756 e. The van der Waals surface area contributed by atoms with Crippen LogP contribution in [0, 0.1) is 0 Å². The van der Waals surface area contributed by atoms with Gasteiger partial charge in [-0.05, 0) is 6.42 Å². The van der Waals surface area contributed by atoms with Crippen LogP contribution in [0.5, 0.6) is 0 Å². The third-order valence-corrected chi connectivity index (χ3v) is 7.79. The van der Waals surface area contributed by atoms with Crippen molar-refractivity contribution in [2.24, 2.45) is 5.73 Å². The molecule has 0 saturated heterocycles. The molecular weight excluding hydrogens is 517 g/mol. The molecule has 9 nitrogen and oxygen atoms in total. The number of phosphoric ester groups is 1. The number of ether oxygens (including phenoxy) is 1. The maximum Gasteiger partial charge on any atom is 0.312 e. The molecule has 2 atom stereocenters. The van der Waals surface area contributed by atoms with Crippen molar-refractivity contribution in [1.82, 2.24) is 5.32 Å². The standard InChI is InChI=1S/C29H62N3O6P/c1-5-6-7-8-9-10-11-12-13-14-15-16-17-18-19-20-21-22-24-36-27-28(26-31-29(30)33)38-39(34,35)37-25-23-32(2,3)4/h28H,5-27H2,1-4H3,(H3-,30,31,33,34,35). The Kier molecular flexibility index (Phi) is 24.6. The molecule has 0 bridgehead atoms. The Balaban J connectivity index is 3.73. The molecule has 2 unspecified atom stereocenters. The summed E-state index contributed by atoms with van der Waals surface area (Å²) in [7, 11) is 1.29. The van der Waals surface area contributed by atoms with Crippen molar-refractivity contribution < 1.29 is 32.5 Å². The summed E-state index contributed by atoms with van der Waals surface area (Å²) in [5.74, 6) is 0. The van der Waals surface area contributed by atoms with Crippen molar-refractivity contribution in [2.75, 3.05) is 54.1 Å². The van der Waals surface area contributed by atoms with Gasteiger partial charge in [0.25, 0.3) is 7.82 Å². The molecule has 2 amide bonds. The van der Waals surface area contributed by atoms with Crippen LogP contribution in [0.4, 0.5) is 4.79 Å². The molecule has 0 aliphatic carbocycles. The van der Waals surface area contributed by atoms with Crippen LogP contribution in [-0.2, 0) is 18.3 Å². The molecule has 234 valence electrons. The van der Waals surface area contributed by atoms with E-state index < -0.39 is 20.0 Å². The number of likely N-dealkylation sites (N-methyl/N-ethyl adjacent to an activating group) is 1. The van der Waals surface area contributed by atoms with Gasteiger partial charge in [-0.2, -0.15) is 0 Å². The average molecular weight is 580 g/mol. The predicted octanol–water partition coefficient (Wildman–Crippen LogP) is 6.29. The Morgan fingerprint density at radius 3 is 1.64 bits per heavy atom. The van der Waals surface area contributed by atoms with E-state index in [1.165, 1.54) is 103 Å². The van der Waals surface area contributed by atoms with Gasteiger partial charge in [0, 0.05) is 13.2 Å². The van der Waals surface area contributed by atoms with Crippen LogP contribution in [0.2, 0.25) is 0 Å². The fourth-order valence-corrected chi connectivity index (χ4v) is 5.17. The molecule has 39 heavy (non-hydrogen) atoms. The first-order chi connectivity index (χ1) is 18.6. The first-order valence-electron chi connectivity index (χ1n) is 15.6. The largest absolute Gasteiger partial charge is 0.756 e. The topological polar surface area (TPSA) is 123 Å². The lowest BCUT2D eigenvalue weighted by molar-refractivity contribution is -0.870. The van der Waals surface area contributed by atoms with Gasteiger partial charge in [0.2, 0.25) is 0 Å². The molecule has 0 aromatic carbocycles. The number of phosphoric acid groups is 1. The summed E-state index contributed by atoms with van der Waals surface area (Å²) < 4.78 is 28.4. The summed E-state index contributed by atoms with van der Waals surface area (Å²) in [4.78, 5) is 23.2. The van der Waals surface area contributed by atoms with Crippen LogP contribution in [0.1, 0.15) is 122 Å². The van der Waals surface area contributed by atoms with Crippen LogP contribution in [0.25, 0.3) is 0 Å². The fourth-order valence-electron chi connectivity index (χ4n) is 4.30. The number of carbonyl (C=O) groups excluding carboxylic acids is 1. The summed E-state index contributed by atoms with van der Waals surface area (Å²) >= 11 is 0. The molecule has 0 spiro atoms. The number of urea groups is 1. The van der Waals surface area contributed by atoms with E-state index in [1.807, 2.05) is 21.1 Å². The van der Waals surface area contributed by atoms with Gasteiger partial charge in [0.05, 0.1) is 27.7 Å². The number of hydrogen-bond acceptors (Lipinski definition) is 6. The van der Waals surface area contributed by atoms with Crippen molar-refractivity contribution in [3.05, 3.63) is 0 Å². The van der Waals surface area contributed by atoms with E-state index in [4.69, 9.17) is 19.5 Å². The summed E-state index contributed by atoms with van der Waals surface area (Å²) in [6, 6.07) is -0.751. The second kappa shape index (κ2) is 25.0. The van der Waals surface area contributed by atoms with E-state index >= 15 is 0 Å². The van der Waals surface area contributed by atoms with Gasteiger partial charge in [-0.3, -0.25) is 4.57 Å². The van der Waals surface area contributed by atoms with Crippen molar-refractivity contribution in [1.29, 1.82) is 0 Å². The number of quaternary nitrogens is 1. The Morgan fingerprint density at radius 2 is 1.23 bits per heavy atom. The summed E-state index contributed by atoms with van der Waals surface area (Å²) in [6.07, 6.45) is 22.9. The minimum absolute atomic E-state index is 0.0143. The molecule has 0 heterocycles. The van der Waals surface area contributed by atoms with Gasteiger partial charge in [-0.1, -0.05) is 116 Å². The first-order valence-corrected chi connectivity index (χ1v) is 17.1. The van der Waals surface area contributed by atoms with E-state index in [9.17, 15) is 14.3 Å². The Morgan fingerprint density at radius 1 is 0.795 bits per heavy atom. The lowest BCUT2D eigenvalue weighted by atomic mass is 10.0. The Hall–Kier alpha value is -0.700. The van der Waals surface area contributed by atoms with E-state index in [1.54, 1.807) is 0 Å². The molecule has 0 aromatic heterocycles. The fraction of sp³-hybridized carbons (Fsp3) is 0.966. The highest BCUT2D eigenvalue weighted by atomic mass is 31.2. The normalized spacial score (nSPS) is 14.3. The molecule has 0 rings (SSSR count). The average Bonchev–Trinajstić information content (AvgIpc) is 2.84. The zero-order chi connectivity index (χ0) is 29.2. The molecule has 0 aliphatic rings. The van der Waals surface area contributed by atoms with Gasteiger partial charge in [-0.25, -0.2) is 4.79 Å². The van der Waals surface area contributed by atoms with Crippen molar-refractivity contribution in [3.63, 3.8) is 0 Å². The summed E-state index contributed by atoms with van der Waals surface area (Å²) in [5.41, 5.74) is 5.11. The van der Waals surface area contributed by atoms with E-state index in [-0.39, 0.29) is 19.8 Å². The molecular formula is C29H62N3O6P. The van der Waals surface area contributed by atoms with Crippen molar-refractivity contribution in [2.45, 2.75) is 129 Å². The third-order valence-electron chi connectivity index (χ3n) is 6.74.